The van der Waals surface area contributed by atoms with Gasteiger partial charge in [0.1, 0.15) is 22.4 Å². The third kappa shape index (κ3) is 3.50. The summed E-state index contributed by atoms with van der Waals surface area (Å²) in [6.45, 7) is 4.17. The van der Waals surface area contributed by atoms with Crippen molar-refractivity contribution < 1.29 is 14.1 Å². The Bertz CT molecular complexity index is 1210. The average molecular weight is 420 g/mol. The van der Waals surface area contributed by atoms with E-state index in [0.717, 1.165) is 22.9 Å². The second-order valence-corrected chi connectivity index (χ2v) is 8.30. The topological polar surface area (TPSA) is 82.2 Å². The van der Waals surface area contributed by atoms with Crippen LogP contribution in [0.3, 0.4) is 0 Å². The molecular formula is C22H20N4O3S. The lowest BCUT2D eigenvalue weighted by molar-refractivity contribution is 0.0953. The number of fused-ring (bicyclic) bond motifs is 1. The zero-order valence-electron chi connectivity index (χ0n) is 16.6. The van der Waals surface area contributed by atoms with Gasteiger partial charge in [0.05, 0.1) is 12.2 Å². The number of rotatable bonds is 5. The fourth-order valence-corrected chi connectivity index (χ4v) is 4.45. The Kier molecular flexibility index (Phi) is 4.63. The van der Waals surface area contributed by atoms with Crippen molar-refractivity contribution in [3.8, 4) is 22.2 Å². The summed E-state index contributed by atoms with van der Waals surface area (Å²) in [6.07, 6.45) is 4.93. The monoisotopic (exact) mass is 420 g/mol. The van der Waals surface area contributed by atoms with Crippen LogP contribution in [-0.4, -0.2) is 26.7 Å². The van der Waals surface area contributed by atoms with Gasteiger partial charge in [0, 0.05) is 30.4 Å². The number of amides is 1. The number of hydrogen-bond acceptors (Lipinski definition) is 6. The molecule has 1 aliphatic heterocycles. The SMILES string of the molecule is Cc1nc(-n2cccc2)sc1C(=O)NCc1cc(-c2ccc3c(c2)OC(C)C3)on1. The van der Waals surface area contributed by atoms with Crippen LogP contribution in [0.4, 0.5) is 0 Å². The summed E-state index contributed by atoms with van der Waals surface area (Å²) < 4.78 is 13.2. The van der Waals surface area contributed by atoms with Crippen molar-refractivity contribution in [3.05, 3.63) is 70.6 Å². The van der Waals surface area contributed by atoms with Crippen LogP contribution in [0.2, 0.25) is 0 Å². The van der Waals surface area contributed by atoms with Crippen LogP contribution < -0.4 is 10.1 Å². The molecule has 5 rings (SSSR count). The molecule has 0 fully saturated rings. The van der Waals surface area contributed by atoms with Crippen LogP contribution >= 0.6 is 11.3 Å². The number of hydrogen-bond donors (Lipinski definition) is 1. The molecule has 0 aliphatic carbocycles. The largest absolute Gasteiger partial charge is 0.490 e. The van der Waals surface area contributed by atoms with Gasteiger partial charge in [0.15, 0.2) is 10.9 Å². The summed E-state index contributed by atoms with van der Waals surface area (Å²) >= 11 is 1.36. The van der Waals surface area contributed by atoms with E-state index in [4.69, 9.17) is 9.26 Å². The first-order valence-corrected chi connectivity index (χ1v) is 10.5. The molecule has 1 amide bonds. The van der Waals surface area contributed by atoms with E-state index in [1.807, 2.05) is 54.2 Å². The lowest BCUT2D eigenvalue weighted by Gasteiger charge is -2.03. The van der Waals surface area contributed by atoms with Gasteiger partial charge in [0.25, 0.3) is 5.91 Å². The van der Waals surface area contributed by atoms with Crippen LogP contribution in [0.15, 0.2) is 53.3 Å². The zero-order valence-corrected chi connectivity index (χ0v) is 17.4. The molecule has 1 N–H and O–H groups in total. The van der Waals surface area contributed by atoms with Crippen molar-refractivity contribution in [2.75, 3.05) is 0 Å². The molecule has 4 aromatic rings. The minimum atomic E-state index is -0.173. The van der Waals surface area contributed by atoms with E-state index < -0.39 is 0 Å². The minimum absolute atomic E-state index is 0.173. The van der Waals surface area contributed by atoms with Gasteiger partial charge in [0.2, 0.25) is 0 Å². The van der Waals surface area contributed by atoms with E-state index >= 15 is 0 Å². The highest BCUT2D eigenvalue weighted by molar-refractivity contribution is 7.16. The van der Waals surface area contributed by atoms with Gasteiger partial charge < -0.3 is 19.1 Å². The average Bonchev–Trinajstić information content (AvgIpc) is 3.50. The van der Waals surface area contributed by atoms with Gasteiger partial charge in [-0.15, -0.1) is 0 Å². The zero-order chi connectivity index (χ0) is 20.7. The fraction of sp³-hybridized carbons (Fsp3) is 0.227. The Balaban J connectivity index is 1.26. The molecule has 0 bridgehead atoms. The molecule has 1 aliphatic rings. The number of thiazole rings is 1. The van der Waals surface area contributed by atoms with Crippen LogP contribution in [0.5, 0.6) is 5.75 Å². The van der Waals surface area contributed by atoms with Crippen molar-refractivity contribution in [3.63, 3.8) is 0 Å². The van der Waals surface area contributed by atoms with Gasteiger partial charge in [-0.3, -0.25) is 4.79 Å². The van der Waals surface area contributed by atoms with Crippen LogP contribution in [0.1, 0.15) is 33.5 Å². The highest BCUT2D eigenvalue weighted by atomic mass is 32.1. The van der Waals surface area contributed by atoms with E-state index in [-0.39, 0.29) is 18.6 Å². The van der Waals surface area contributed by atoms with Crippen LogP contribution in [0, 0.1) is 6.92 Å². The van der Waals surface area contributed by atoms with Gasteiger partial charge in [-0.05, 0) is 37.6 Å². The summed E-state index contributed by atoms with van der Waals surface area (Å²) in [5, 5.41) is 7.75. The maximum atomic E-state index is 12.6. The molecule has 30 heavy (non-hydrogen) atoms. The smallest absolute Gasteiger partial charge is 0.263 e. The Labute approximate surface area is 177 Å². The predicted molar refractivity (Wildman–Crippen MR) is 113 cm³/mol. The Morgan fingerprint density at radius 1 is 1.30 bits per heavy atom. The predicted octanol–water partition coefficient (Wildman–Crippen LogP) is 4.15. The maximum Gasteiger partial charge on any atom is 0.263 e. The molecule has 7 nitrogen and oxygen atoms in total. The number of carbonyl (C=O) groups is 1. The fourth-order valence-electron chi connectivity index (χ4n) is 3.50. The van der Waals surface area contributed by atoms with Gasteiger partial charge in [-0.25, -0.2) is 4.98 Å². The van der Waals surface area contributed by atoms with Crippen molar-refractivity contribution >= 4 is 17.2 Å². The van der Waals surface area contributed by atoms with Gasteiger partial charge in [-0.2, -0.15) is 0 Å². The normalized spacial score (nSPS) is 15.1. The van der Waals surface area contributed by atoms with E-state index in [9.17, 15) is 4.79 Å². The van der Waals surface area contributed by atoms with Crippen LogP contribution in [-0.2, 0) is 13.0 Å². The molecule has 1 unspecified atom stereocenters. The molecule has 0 saturated carbocycles. The summed E-state index contributed by atoms with van der Waals surface area (Å²) in [5.74, 6) is 1.37. The summed E-state index contributed by atoms with van der Waals surface area (Å²) in [6, 6.07) is 11.7. The third-order valence-corrected chi connectivity index (χ3v) is 6.16. The van der Waals surface area contributed by atoms with Crippen molar-refractivity contribution in [2.45, 2.75) is 32.9 Å². The van der Waals surface area contributed by atoms with Gasteiger partial charge >= 0.3 is 0 Å². The summed E-state index contributed by atoms with van der Waals surface area (Å²) in [4.78, 5) is 17.7. The minimum Gasteiger partial charge on any atom is -0.490 e. The van der Waals surface area contributed by atoms with Crippen molar-refractivity contribution in [2.24, 2.45) is 0 Å². The lowest BCUT2D eigenvalue weighted by atomic mass is 10.1. The second kappa shape index (κ2) is 7.46. The first-order chi connectivity index (χ1) is 14.6. The molecule has 0 saturated heterocycles. The molecule has 8 heteroatoms. The Morgan fingerprint density at radius 2 is 2.13 bits per heavy atom. The number of aromatic nitrogens is 3. The quantitative estimate of drug-likeness (QED) is 0.524. The standard InChI is InChI=1S/C22H20N4O3S/c1-13-9-15-5-6-16(10-18(15)28-13)19-11-17(25-29-19)12-23-21(27)20-14(2)24-22(30-20)26-7-3-4-8-26/h3-8,10-11,13H,9,12H2,1-2H3,(H,23,27). The highest BCUT2D eigenvalue weighted by Gasteiger charge is 2.20. The molecule has 4 heterocycles. The first-order valence-electron chi connectivity index (χ1n) is 9.71. The maximum absolute atomic E-state index is 12.6. The Morgan fingerprint density at radius 3 is 2.97 bits per heavy atom. The molecule has 1 aromatic carbocycles. The molecule has 3 aromatic heterocycles. The number of nitrogens with one attached hydrogen (secondary N) is 1. The number of ether oxygens (including phenoxy) is 1. The van der Waals surface area contributed by atoms with Crippen molar-refractivity contribution in [1.82, 2.24) is 20.0 Å². The van der Waals surface area contributed by atoms with E-state index in [1.54, 1.807) is 0 Å². The molecule has 0 spiro atoms. The third-order valence-electron chi connectivity index (χ3n) is 4.99. The molecular weight excluding hydrogens is 400 g/mol. The summed E-state index contributed by atoms with van der Waals surface area (Å²) in [5.41, 5.74) is 3.47. The second-order valence-electron chi connectivity index (χ2n) is 7.32. The summed E-state index contributed by atoms with van der Waals surface area (Å²) in [7, 11) is 0. The number of carbonyl (C=O) groups excluding carboxylic acids is 1. The number of nitrogens with zero attached hydrogens (tertiary/aromatic N) is 3. The van der Waals surface area contributed by atoms with E-state index in [2.05, 4.69) is 28.4 Å². The van der Waals surface area contributed by atoms with Crippen molar-refractivity contribution in [1.29, 1.82) is 0 Å². The van der Waals surface area contributed by atoms with Crippen LogP contribution in [0.25, 0.3) is 16.5 Å². The molecule has 1 atom stereocenters. The number of benzene rings is 1. The van der Waals surface area contributed by atoms with Gasteiger partial charge in [-0.1, -0.05) is 28.6 Å². The number of aryl methyl sites for hydroxylation is 1. The highest BCUT2D eigenvalue weighted by Crippen LogP contribution is 2.33. The molecule has 152 valence electrons. The lowest BCUT2D eigenvalue weighted by Crippen LogP contribution is -2.22. The van der Waals surface area contributed by atoms with E-state index in [0.29, 0.717) is 22.0 Å². The van der Waals surface area contributed by atoms with E-state index in [1.165, 1.54) is 16.9 Å². The molecule has 0 radical (unpaired) electrons. The first kappa shape index (κ1) is 18.6. The Hall–Kier alpha value is -3.39.